The fourth-order valence-electron chi connectivity index (χ4n) is 4.80. The lowest BCUT2D eigenvalue weighted by molar-refractivity contribution is -0.120. The van der Waals surface area contributed by atoms with E-state index in [1.807, 2.05) is 74.5 Å². The Kier molecular flexibility index (Phi) is 9.97. The van der Waals surface area contributed by atoms with Crippen LogP contribution in [0.4, 0.5) is 0 Å². The molecule has 0 heterocycles. The topological polar surface area (TPSA) is 54.0 Å². The lowest BCUT2D eigenvalue weighted by Gasteiger charge is -2.26. The van der Waals surface area contributed by atoms with Gasteiger partial charge in [0.15, 0.2) is 28.8 Å². The van der Waals surface area contributed by atoms with Gasteiger partial charge in [0, 0.05) is 10.0 Å². The van der Waals surface area contributed by atoms with E-state index < -0.39 is 11.8 Å². The van der Waals surface area contributed by atoms with Crippen molar-refractivity contribution in [1.29, 1.82) is 0 Å². The van der Waals surface area contributed by atoms with Crippen LogP contribution in [0.25, 0.3) is 0 Å². The Hall–Kier alpha value is -3.67. The minimum absolute atomic E-state index is 0.0372. The maximum atomic E-state index is 14.9. The van der Waals surface area contributed by atoms with Gasteiger partial charge in [-0.25, -0.2) is 0 Å². The number of methoxy groups -OCH3 is 2. The number of benzene rings is 4. The van der Waals surface area contributed by atoms with Gasteiger partial charge in [0.2, 0.25) is 0 Å². The minimum Gasteiger partial charge on any atom is -0.493 e. The first-order valence-electron chi connectivity index (χ1n) is 13.1. The second kappa shape index (κ2) is 13.6. The Morgan fingerprint density at radius 3 is 1.25 bits per heavy atom. The van der Waals surface area contributed by atoms with E-state index in [0.717, 1.165) is 22.3 Å². The number of hydrogen-bond acceptors (Lipinski definition) is 5. The SMILES string of the molecule is CCOc1cc(C(C(=O)C(c2ccc(Cl)cc2)c2ccc(OC)c(OCC)c2)c2ccc(Cl)cc2)ccc1OC. The summed E-state index contributed by atoms with van der Waals surface area (Å²) in [4.78, 5) is 14.9. The minimum atomic E-state index is -0.638. The van der Waals surface area contributed by atoms with Crippen LogP contribution in [0.15, 0.2) is 84.9 Å². The molecule has 0 saturated heterocycles. The van der Waals surface area contributed by atoms with Crippen LogP contribution in [0.1, 0.15) is 47.9 Å². The third-order valence-corrected chi connectivity index (χ3v) is 7.12. The van der Waals surface area contributed by atoms with Crippen LogP contribution in [-0.4, -0.2) is 33.2 Å². The molecule has 0 radical (unpaired) electrons. The molecule has 4 aromatic rings. The number of hydrogen-bond donors (Lipinski definition) is 0. The lowest BCUT2D eigenvalue weighted by Crippen LogP contribution is -2.23. The Balaban J connectivity index is 1.92. The van der Waals surface area contributed by atoms with Crippen molar-refractivity contribution in [2.24, 2.45) is 0 Å². The number of halogens is 2. The molecule has 0 aliphatic rings. The molecule has 208 valence electrons. The van der Waals surface area contributed by atoms with Crippen LogP contribution in [0.5, 0.6) is 23.0 Å². The van der Waals surface area contributed by atoms with Crippen molar-refractivity contribution in [2.45, 2.75) is 25.7 Å². The number of rotatable bonds is 12. The van der Waals surface area contributed by atoms with Gasteiger partial charge in [-0.05, 0) is 84.6 Å². The molecule has 2 unspecified atom stereocenters. The Morgan fingerprint density at radius 2 is 0.925 bits per heavy atom. The van der Waals surface area contributed by atoms with Crippen molar-refractivity contribution in [2.75, 3.05) is 27.4 Å². The van der Waals surface area contributed by atoms with E-state index in [2.05, 4.69) is 0 Å². The van der Waals surface area contributed by atoms with Gasteiger partial charge in [0.05, 0.1) is 39.3 Å². The lowest BCUT2D eigenvalue weighted by atomic mass is 9.77. The summed E-state index contributed by atoms with van der Waals surface area (Å²) in [6, 6.07) is 25.9. The highest BCUT2D eigenvalue weighted by Crippen LogP contribution is 2.41. The van der Waals surface area contributed by atoms with E-state index in [0.29, 0.717) is 46.3 Å². The van der Waals surface area contributed by atoms with Crippen molar-refractivity contribution in [3.8, 4) is 23.0 Å². The molecule has 7 heteroatoms. The van der Waals surface area contributed by atoms with E-state index in [4.69, 9.17) is 42.1 Å². The van der Waals surface area contributed by atoms with E-state index in [1.54, 1.807) is 38.5 Å². The van der Waals surface area contributed by atoms with Gasteiger partial charge in [-0.3, -0.25) is 4.79 Å². The van der Waals surface area contributed by atoms with E-state index in [1.165, 1.54) is 0 Å². The molecule has 5 nitrogen and oxygen atoms in total. The molecule has 4 aromatic carbocycles. The molecule has 0 saturated carbocycles. The predicted molar refractivity (Wildman–Crippen MR) is 160 cm³/mol. The Morgan fingerprint density at radius 1 is 0.575 bits per heavy atom. The second-order valence-corrected chi connectivity index (χ2v) is 9.93. The molecule has 0 bridgehead atoms. The molecule has 0 aromatic heterocycles. The fraction of sp³-hybridized carbons (Fsp3) is 0.242. The fourth-order valence-corrected chi connectivity index (χ4v) is 5.05. The molecule has 0 aliphatic carbocycles. The van der Waals surface area contributed by atoms with Crippen LogP contribution in [-0.2, 0) is 4.79 Å². The van der Waals surface area contributed by atoms with Crippen molar-refractivity contribution in [1.82, 2.24) is 0 Å². The maximum Gasteiger partial charge on any atom is 0.161 e. The second-order valence-electron chi connectivity index (χ2n) is 9.06. The standard InChI is InChI=1S/C33H32Cl2O5/c1-5-39-29-19-23(11-17-27(29)37-3)31(21-7-13-25(34)14-8-21)33(36)32(22-9-15-26(35)16-10-22)24-12-18-28(38-4)30(20-24)40-6-2/h7-20,31-32H,5-6H2,1-4H3. The molecular weight excluding hydrogens is 547 g/mol. The number of ketones is 1. The summed E-state index contributed by atoms with van der Waals surface area (Å²) in [7, 11) is 3.19. The Bertz CT molecular complexity index is 1330. The molecule has 2 atom stereocenters. The van der Waals surface area contributed by atoms with Crippen LogP contribution in [0.2, 0.25) is 10.0 Å². The van der Waals surface area contributed by atoms with Gasteiger partial charge in [-0.2, -0.15) is 0 Å². The summed E-state index contributed by atoms with van der Waals surface area (Å²) < 4.78 is 22.7. The highest BCUT2D eigenvalue weighted by atomic mass is 35.5. The van der Waals surface area contributed by atoms with Gasteiger partial charge >= 0.3 is 0 Å². The first-order valence-corrected chi connectivity index (χ1v) is 13.8. The van der Waals surface area contributed by atoms with Crippen molar-refractivity contribution >= 4 is 29.0 Å². The number of carbonyl (C=O) groups excluding carboxylic acids is 1. The zero-order chi connectivity index (χ0) is 28.6. The first kappa shape index (κ1) is 29.3. The summed E-state index contributed by atoms with van der Waals surface area (Å²) in [5.41, 5.74) is 3.15. The molecule has 0 spiro atoms. The summed E-state index contributed by atoms with van der Waals surface area (Å²) in [5.74, 6) is 1.02. The highest BCUT2D eigenvalue weighted by Gasteiger charge is 2.33. The quantitative estimate of drug-likeness (QED) is 0.169. The third-order valence-electron chi connectivity index (χ3n) is 6.62. The summed E-state index contributed by atoms with van der Waals surface area (Å²) in [6.45, 7) is 4.73. The Labute approximate surface area is 245 Å². The molecular formula is C33H32Cl2O5. The van der Waals surface area contributed by atoms with Gasteiger partial charge < -0.3 is 18.9 Å². The van der Waals surface area contributed by atoms with E-state index in [-0.39, 0.29) is 5.78 Å². The summed E-state index contributed by atoms with van der Waals surface area (Å²) >= 11 is 12.5. The maximum absolute atomic E-state index is 14.9. The first-order chi connectivity index (χ1) is 19.4. The third kappa shape index (κ3) is 6.55. The van der Waals surface area contributed by atoms with Crippen molar-refractivity contribution < 1.29 is 23.7 Å². The molecule has 40 heavy (non-hydrogen) atoms. The van der Waals surface area contributed by atoms with Crippen LogP contribution in [0.3, 0.4) is 0 Å². The van der Waals surface area contributed by atoms with E-state index in [9.17, 15) is 4.79 Å². The summed E-state index contributed by atoms with van der Waals surface area (Å²) in [6.07, 6.45) is 0. The zero-order valence-corrected chi connectivity index (χ0v) is 24.5. The predicted octanol–water partition coefficient (Wildman–Crippen LogP) is 8.34. The molecule has 0 fully saturated rings. The largest absolute Gasteiger partial charge is 0.493 e. The normalized spacial score (nSPS) is 12.3. The van der Waals surface area contributed by atoms with Crippen LogP contribution >= 0.6 is 23.2 Å². The molecule has 4 rings (SSSR count). The summed E-state index contributed by atoms with van der Waals surface area (Å²) in [5, 5.41) is 1.18. The average Bonchev–Trinajstić information content (AvgIpc) is 2.96. The van der Waals surface area contributed by atoms with E-state index >= 15 is 0 Å². The zero-order valence-electron chi connectivity index (χ0n) is 22.9. The number of Topliss-reactive ketones (excluding diaryl/α,β-unsaturated/α-hetero) is 1. The molecule has 0 amide bonds. The highest BCUT2D eigenvalue weighted by molar-refractivity contribution is 6.30. The van der Waals surface area contributed by atoms with Crippen molar-refractivity contribution in [3.63, 3.8) is 0 Å². The molecule has 0 aliphatic heterocycles. The number of carbonyl (C=O) groups is 1. The van der Waals surface area contributed by atoms with Gasteiger partial charge in [-0.1, -0.05) is 59.6 Å². The van der Waals surface area contributed by atoms with Gasteiger partial charge in [0.25, 0.3) is 0 Å². The smallest absolute Gasteiger partial charge is 0.161 e. The average molecular weight is 580 g/mol. The molecule has 0 N–H and O–H groups in total. The number of ether oxygens (including phenoxy) is 4. The van der Waals surface area contributed by atoms with Crippen LogP contribution < -0.4 is 18.9 Å². The van der Waals surface area contributed by atoms with Gasteiger partial charge in [0.1, 0.15) is 0 Å². The van der Waals surface area contributed by atoms with Gasteiger partial charge in [-0.15, -0.1) is 0 Å². The van der Waals surface area contributed by atoms with Crippen LogP contribution in [0, 0.1) is 0 Å². The van der Waals surface area contributed by atoms with Crippen molar-refractivity contribution in [3.05, 3.63) is 117 Å². The monoisotopic (exact) mass is 578 g/mol.